The second-order valence-corrected chi connectivity index (χ2v) is 19.7. The highest BCUT2D eigenvalue weighted by Gasteiger charge is 2.50. The zero-order valence-corrected chi connectivity index (χ0v) is 34.0. The summed E-state index contributed by atoms with van der Waals surface area (Å²) in [5.41, 5.74) is 0.391. The quantitative estimate of drug-likeness (QED) is 0.0685. The van der Waals surface area contributed by atoms with Crippen LogP contribution in [0.1, 0.15) is 57.0 Å². The molecule has 0 amide bonds. The normalized spacial score (nSPS) is 20.2. The maximum Gasteiger partial charge on any atom is 0.324 e. The van der Waals surface area contributed by atoms with Crippen molar-refractivity contribution in [2.45, 2.75) is 63.3 Å². The summed E-state index contributed by atoms with van der Waals surface area (Å²) in [5.74, 6) is -3.31. The molecular formula is C37H43N2O13S4+. The smallest absolute Gasteiger partial charge is 0.324 e. The van der Waals surface area contributed by atoms with Gasteiger partial charge in [0.15, 0.2) is 12.0 Å². The molecule has 1 aliphatic carbocycles. The Bertz CT molecular complexity index is 2520. The second kappa shape index (κ2) is 16.3. The second-order valence-electron chi connectivity index (χ2n) is 14.1. The van der Waals surface area contributed by atoms with E-state index < -0.39 is 64.6 Å². The summed E-state index contributed by atoms with van der Waals surface area (Å²) in [6, 6.07) is 11.5. The van der Waals surface area contributed by atoms with E-state index in [0.29, 0.717) is 33.1 Å². The van der Waals surface area contributed by atoms with Gasteiger partial charge in [-0.3, -0.25) is 23.2 Å². The Labute approximate surface area is 329 Å². The van der Waals surface area contributed by atoms with E-state index in [1.54, 1.807) is 56.1 Å². The van der Waals surface area contributed by atoms with E-state index in [4.69, 9.17) is 4.74 Å². The number of para-hydroxylation sites is 1. The standard InChI is InChI=1S/C37H42N2O13S4/c1-4-52-35(42)37(34(40)41)23-25(21-26(24-37)12-16-33-39(18-8-20-55(46,47)48)30-9-5-6-10-31(30)53-33)11-15-32-36(2,3)28-22-27(56(49,50)51)13-14-29(28)38(32)17-7-19-54(43,44)45/h5-6,9-16,21-22H,4,7-8,17-20,23-24H2,1-3H3,(H3-,40,41,43,44,45,46,47,48,49,50,51)/p+1. The zero-order chi connectivity index (χ0) is 41.3. The van der Waals surface area contributed by atoms with Gasteiger partial charge in [-0.25, -0.2) is 0 Å². The number of allylic oxidation sites excluding steroid dienone is 7. The van der Waals surface area contributed by atoms with Gasteiger partial charge in [-0.1, -0.05) is 55.5 Å². The predicted octanol–water partition coefficient (Wildman–Crippen LogP) is 4.97. The van der Waals surface area contributed by atoms with Gasteiger partial charge in [0.05, 0.1) is 23.0 Å². The number of nitrogens with zero attached hydrogens (tertiary/aromatic N) is 2. The molecule has 0 radical (unpaired) electrons. The fourth-order valence-electron chi connectivity index (χ4n) is 7.10. The average molecular weight is 852 g/mol. The molecule has 5 rings (SSSR count). The Morgan fingerprint density at radius 3 is 2.25 bits per heavy atom. The number of aromatic nitrogens is 1. The van der Waals surface area contributed by atoms with Crippen LogP contribution in [0.2, 0.25) is 0 Å². The number of hydrogen-bond acceptors (Lipinski definition) is 11. The summed E-state index contributed by atoms with van der Waals surface area (Å²) in [6.07, 6.45) is 8.18. The van der Waals surface area contributed by atoms with Crippen molar-refractivity contribution >= 4 is 75.6 Å². The number of rotatable bonds is 15. The molecule has 2 aliphatic rings. The Morgan fingerprint density at radius 2 is 1.61 bits per heavy atom. The number of anilines is 1. The van der Waals surface area contributed by atoms with Crippen LogP contribution >= 0.6 is 11.3 Å². The predicted molar refractivity (Wildman–Crippen MR) is 210 cm³/mol. The lowest BCUT2D eigenvalue weighted by atomic mass is 9.71. The number of carbonyl (C=O) groups is 2. The number of fused-ring (bicyclic) bond motifs is 2. The molecule has 0 fully saturated rings. The van der Waals surface area contributed by atoms with Gasteiger partial charge in [0.2, 0.25) is 5.52 Å². The number of aryl methyl sites for hydroxylation is 1. The molecule has 56 heavy (non-hydrogen) atoms. The van der Waals surface area contributed by atoms with Crippen molar-refractivity contribution in [1.82, 2.24) is 0 Å². The van der Waals surface area contributed by atoms with E-state index in [-0.39, 0.29) is 50.3 Å². The Kier molecular flexibility index (Phi) is 12.5. The van der Waals surface area contributed by atoms with Gasteiger partial charge in [-0.2, -0.15) is 29.8 Å². The lowest BCUT2D eigenvalue weighted by Gasteiger charge is -2.32. The molecule has 1 unspecified atom stereocenters. The van der Waals surface area contributed by atoms with E-state index in [9.17, 15) is 53.6 Å². The van der Waals surface area contributed by atoms with Crippen molar-refractivity contribution in [3.63, 3.8) is 0 Å². The van der Waals surface area contributed by atoms with E-state index >= 15 is 0 Å². The van der Waals surface area contributed by atoms with Crippen LogP contribution in [-0.2, 0) is 56.6 Å². The van der Waals surface area contributed by atoms with Crippen LogP contribution in [0.5, 0.6) is 0 Å². The van der Waals surface area contributed by atoms with Crippen molar-refractivity contribution in [3.05, 3.63) is 94.2 Å². The molecule has 19 heteroatoms. The van der Waals surface area contributed by atoms with Gasteiger partial charge < -0.3 is 14.7 Å². The number of thiazole rings is 1. The molecule has 1 aromatic heterocycles. The van der Waals surface area contributed by atoms with Gasteiger partial charge in [0, 0.05) is 41.9 Å². The summed E-state index contributed by atoms with van der Waals surface area (Å²) in [7, 11) is -13.1. The lowest BCUT2D eigenvalue weighted by Crippen LogP contribution is -2.42. The van der Waals surface area contributed by atoms with Crippen LogP contribution in [0, 0.1) is 5.41 Å². The number of carboxylic acids is 1. The van der Waals surface area contributed by atoms with E-state index in [0.717, 1.165) is 10.2 Å². The number of carbonyl (C=O) groups excluding carboxylic acids is 1. The highest BCUT2D eigenvalue weighted by atomic mass is 32.2. The minimum absolute atomic E-state index is 0.00428. The molecule has 2 heterocycles. The molecule has 3 aromatic rings. The van der Waals surface area contributed by atoms with Crippen molar-refractivity contribution in [1.29, 1.82) is 0 Å². The summed E-state index contributed by atoms with van der Waals surface area (Å²) in [5, 5.41) is 11.3. The third-order valence-corrected chi connectivity index (χ3v) is 13.3. The Hall–Kier alpha value is -4.24. The molecule has 15 nitrogen and oxygen atoms in total. The number of aliphatic carboxylic acids is 1. The molecule has 1 atom stereocenters. The zero-order valence-electron chi connectivity index (χ0n) is 30.8. The molecule has 0 spiro atoms. The van der Waals surface area contributed by atoms with Crippen LogP contribution in [0.3, 0.4) is 0 Å². The average Bonchev–Trinajstić information content (AvgIpc) is 3.55. The molecular weight excluding hydrogens is 809 g/mol. The summed E-state index contributed by atoms with van der Waals surface area (Å²) >= 11 is 1.42. The Morgan fingerprint density at radius 1 is 0.929 bits per heavy atom. The highest BCUT2D eigenvalue weighted by Crippen LogP contribution is 2.49. The van der Waals surface area contributed by atoms with Crippen LogP contribution in [0.25, 0.3) is 16.3 Å². The Balaban J connectivity index is 1.61. The fraction of sp³-hybridized carbons (Fsp3) is 0.378. The summed E-state index contributed by atoms with van der Waals surface area (Å²) < 4.78 is 107. The van der Waals surface area contributed by atoms with Gasteiger partial charge in [0.1, 0.15) is 4.70 Å². The van der Waals surface area contributed by atoms with Gasteiger partial charge in [0.25, 0.3) is 35.4 Å². The number of hydrogen-bond donors (Lipinski definition) is 4. The summed E-state index contributed by atoms with van der Waals surface area (Å²) in [6.45, 7) is 5.45. The van der Waals surface area contributed by atoms with Gasteiger partial charge in [-0.15, -0.1) is 0 Å². The number of carboxylic acid groups (broad SMARTS) is 1. The maximum absolute atomic E-state index is 13.5. The van der Waals surface area contributed by atoms with E-state index in [1.807, 2.05) is 28.8 Å². The SMILES string of the molecule is CCOC(=O)C1(C(=O)O)CC(=CC=C2N(CCCS(=O)(=O)O)c3ccc(S(=O)(=O)O)cc3C2(C)C)C=C(C=Cc2sc3ccccc3[n+]2CCCS(=O)(=O)O)C1. The lowest BCUT2D eigenvalue weighted by molar-refractivity contribution is -0.668. The minimum atomic E-state index is -4.57. The van der Waals surface area contributed by atoms with Crippen molar-refractivity contribution in [3.8, 4) is 0 Å². The number of benzene rings is 2. The monoisotopic (exact) mass is 851 g/mol. The first-order chi connectivity index (χ1) is 26.1. The first kappa shape index (κ1) is 42.9. The third kappa shape index (κ3) is 9.64. The van der Waals surface area contributed by atoms with Crippen molar-refractivity contribution < 1.29 is 62.9 Å². The van der Waals surface area contributed by atoms with E-state index in [2.05, 4.69) is 0 Å². The van der Waals surface area contributed by atoms with Crippen LogP contribution < -0.4 is 9.47 Å². The first-order valence-electron chi connectivity index (χ1n) is 17.5. The third-order valence-electron chi connectivity index (χ3n) is 9.72. The van der Waals surface area contributed by atoms with E-state index in [1.165, 1.54) is 29.5 Å². The molecule has 0 saturated carbocycles. The molecule has 0 bridgehead atoms. The maximum atomic E-state index is 13.5. The highest BCUT2D eigenvalue weighted by molar-refractivity contribution is 7.86. The number of esters is 1. The van der Waals surface area contributed by atoms with Crippen LogP contribution in [0.15, 0.2) is 88.5 Å². The number of ether oxygens (including phenoxy) is 1. The molecule has 2 aromatic carbocycles. The summed E-state index contributed by atoms with van der Waals surface area (Å²) in [4.78, 5) is 27.9. The molecule has 4 N–H and O–H groups in total. The molecule has 0 saturated heterocycles. The largest absolute Gasteiger partial charge is 0.480 e. The van der Waals surface area contributed by atoms with Crippen LogP contribution in [0.4, 0.5) is 5.69 Å². The van der Waals surface area contributed by atoms with Gasteiger partial charge >= 0.3 is 11.9 Å². The first-order valence-corrected chi connectivity index (χ1v) is 22.9. The minimum Gasteiger partial charge on any atom is -0.480 e. The molecule has 1 aliphatic heterocycles. The van der Waals surface area contributed by atoms with Gasteiger partial charge in [-0.05, 0) is 73.2 Å². The topological polar surface area (TPSA) is 234 Å². The fourth-order valence-corrected chi connectivity index (χ4v) is 9.69. The molecule has 302 valence electrons. The van der Waals surface area contributed by atoms with Crippen LogP contribution in [-0.4, -0.2) is 80.6 Å². The van der Waals surface area contributed by atoms with Crippen molar-refractivity contribution in [2.24, 2.45) is 5.41 Å². The van der Waals surface area contributed by atoms with Crippen molar-refractivity contribution in [2.75, 3.05) is 29.6 Å².